The first kappa shape index (κ1) is 22.5. The van der Waals surface area contributed by atoms with Gasteiger partial charge in [-0.3, -0.25) is 24.3 Å². The molecule has 0 N–H and O–H groups in total. The summed E-state index contributed by atoms with van der Waals surface area (Å²) in [6.45, 7) is -0.0411. The SMILES string of the molecule is O=C(Cn1cnc2ccc(F)cc2c1=O)N1CCN(S(=O)(=O)c2ccc([N+](=O)[O-])cc2)CC1. The third-order valence-electron chi connectivity index (χ3n) is 5.37. The molecular formula is C20H18FN5O6S. The summed E-state index contributed by atoms with van der Waals surface area (Å²) < 4.78 is 41.4. The molecule has 0 saturated carbocycles. The van der Waals surface area contributed by atoms with Crippen molar-refractivity contribution in [1.29, 1.82) is 0 Å². The Morgan fingerprint density at radius 3 is 2.39 bits per heavy atom. The number of carbonyl (C=O) groups is 1. The number of fused-ring (bicyclic) bond motifs is 1. The number of sulfonamides is 1. The summed E-state index contributed by atoms with van der Waals surface area (Å²) in [5.41, 5.74) is -0.451. The molecule has 1 aliphatic heterocycles. The van der Waals surface area contributed by atoms with Gasteiger partial charge in [0, 0.05) is 38.3 Å². The van der Waals surface area contributed by atoms with Gasteiger partial charge in [-0.15, -0.1) is 0 Å². The van der Waals surface area contributed by atoms with Crippen molar-refractivity contribution in [2.24, 2.45) is 0 Å². The van der Waals surface area contributed by atoms with E-state index in [2.05, 4.69) is 4.98 Å². The highest BCUT2D eigenvalue weighted by atomic mass is 32.2. The maximum Gasteiger partial charge on any atom is 0.269 e. The van der Waals surface area contributed by atoms with Gasteiger partial charge in [-0.25, -0.2) is 17.8 Å². The van der Waals surface area contributed by atoms with Crippen LogP contribution in [0.1, 0.15) is 0 Å². The number of nitro groups is 1. The fourth-order valence-corrected chi connectivity index (χ4v) is 4.98. The molecule has 172 valence electrons. The molecule has 1 fully saturated rings. The highest BCUT2D eigenvalue weighted by Gasteiger charge is 2.30. The van der Waals surface area contributed by atoms with Crippen molar-refractivity contribution in [1.82, 2.24) is 18.8 Å². The van der Waals surface area contributed by atoms with Gasteiger partial charge in [0.05, 0.1) is 27.0 Å². The number of hydrogen-bond donors (Lipinski definition) is 0. The fraction of sp³-hybridized carbons (Fsp3) is 0.250. The van der Waals surface area contributed by atoms with Gasteiger partial charge in [-0.1, -0.05) is 0 Å². The molecule has 3 aromatic rings. The van der Waals surface area contributed by atoms with E-state index < -0.39 is 32.2 Å². The molecule has 1 saturated heterocycles. The van der Waals surface area contributed by atoms with Crippen LogP contribution in [-0.2, 0) is 21.4 Å². The molecule has 0 atom stereocenters. The topological polar surface area (TPSA) is 136 Å². The summed E-state index contributed by atoms with van der Waals surface area (Å²) >= 11 is 0. The highest BCUT2D eigenvalue weighted by Crippen LogP contribution is 2.21. The van der Waals surface area contributed by atoms with Gasteiger partial charge < -0.3 is 4.90 Å². The number of benzene rings is 2. The third-order valence-corrected chi connectivity index (χ3v) is 7.28. The van der Waals surface area contributed by atoms with Gasteiger partial charge in [0.1, 0.15) is 12.4 Å². The minimum Gasteiger partial charge on any atom is -0.338 e. The lowest BCUT2D eigenvalue weighted by Crippen LogP contribution is -2.51. The largest absolute Gasteiger partial charge is 0.338 e. The average molecular weight is 475 g/mol. The van der Waals surface area contributed by atoms with Crippen LogP contribution >= 0.6 is 0 Å². The summed E-state index contributed by atoms with van der Waals surface area (Å²) in [4.78, 5) is 40.8. The molecule has 0 spiro atoms. The van der Waals surface area contributed by atoms with E-state index in [-0.39, 0.29) is 48.7 Å². The van der Waals surface area contributed by atoms with Crippen LogP contribution in [0.5, 0.6) is 0 Å². The number of amides is 1. The Morgan fingerprint density at radius 2 is 1.76 bits per heavy atom. The van der Waals surface area contributed by atoms with Crippen LogP contribution in [0, 0.1) is 15.9 Å². The van der Waals surface area contributed by atoms with Gasteiger partial charge >= 0.3 is 0 Å². The number of rotatable bonds is 5. The van der Waals surface area contributed by atoms with E-state index in [4.69, 9.17) is 0 Å². The molecule has 2 heterocycles. The van der Waals surface area contributed by atoms with E-state index in [1.165, 1.54) is 39.8 Å². The van der Waals surface area contributed by atoms with Crippen molar-refractivity contribution >= 4 is 32.5 Å². The van der Waals surface area contributed by atoms with Gasteiger partial charge in [0.15, 0.2) is 0 Å². The van der Waals surface area contributed by atoms with Crippen molar-refractivity contribution in [3.63, 3.8) is 0 Å². The smallest absolute Gasteiger partial charge is 0.269 e. The maximum absolute atomic E-state index is 13.5. The van der Waals surface area contributed by atoms with Crippen LogP contribution in [0.3, 0.4) is 0 Å². The number of nitro benzene ring substituents is 1. The number of piperazine rings is 1. The molecule has 33 heavy (non-hydrogen) atoms. The molecule has 1 amide bonds. The minimum absolute atomic E-state index is 0.0289. The molecule has 4 rings (SSSR count). The number of aromatic nitrogens is 2. The van der Waals surface area contributed by atoms with Crippen LogP contribution in [0.2, 0.25) is 0 Å². The van der Waals surface area contributed by atoms with Gasteiger partial charge in [0.2, 0.25) is 15.9 Å². The van der Waals surface area contributed by atoms with E-state index >= 15 is 0 Å². The Bertz CT molecular complexity index is 1400. The molecule has 0 bridgehead atoms. The predicted molar refractivity (Wildman–Crippen MR) is 114 cm³/mol. The second-order valence-corrected chi connectivity index (χ2v) is 9.31. The monoisotopic (exact) mass is 475 g/mol. The zero-order valence-corrected chi connectivity index (χ0v) is 17.9. The molecule has 0 aliphatic carbocycles. The lowest BCUT2D eigenvalue weighted by atomic mass is 10.2. The zero-order valence-electron chi connectivity index (χ0n) is 17.1. The van der Waals surface area contributed by atoms with Gasteiger partial charge in [-0.2, -0.15) is 4.31 Å². The normalized spacial score (nSPS) is 15.0. The predicted octanol–water partition coefficient (Wildman–Crippen LogP) is 0.977. The molecule has 0 unspecified atom stereocenters. The van der Waals surface area contributed by atoms with E-state index in [1.807, 2.05) is 0 Å². The average Bonchev–Trinajstić information content (AvgIpc) is 2.81. The van der Waals surface area contributed by atoms with Gasteiger partial charge in [0.25, 0.3) is 11.2 Å². The van der Waals surface area contributed by atoms with Crippen LogP contribution in [0.25, 0.3) is 10.9 Å². The number of non-ortho nitro benzene ring substituents is 1. The summed E-state index contributed by atoms with van der Waals surface area (Å²) in [6.07, 6.45) is 1.22. The van der Waals surface area contributed by atoms with E-state index in [0.29, 0.717) is 5.52 Å². The van der Waals surface area contributed by atoms with Gasteiger partial charge in [-0.05, 0) is 30.3 Å². The van der Waals surface area contributed by atoms with E-state index in [1.54, 1.807) is 0 Å². The third kappa shape index (κ3) is 4.45. The standard InChI is InChI=1S/C20H18FN5O6S/c21-14-1-6-18-17(11-14)20(28)24(13-22-18)12-19(27)23-7-9-25(10-8-23)33(31,32)16-4-2-15(3-5-16)26(29)30/h1-6,11,13H,7-10,12H2. The Balaban J connectivity index is 1.43. The van der Waals surface area contributed by atoms with Crippen molar-refractivity contribution < 1.29 is 22.5 Å². The van der Waals surface area contributed by atoms with Crippen molar-refractivity contribution in [2.75, 3.05) is 26.2 Å². The number of halogens is 1. The molecule has 1 aliphatic rings. The van der Waals surface area contributed by atoms with E-state index in [0.717, 1.165) is 22.8 Å². The Morgan fingerprint density at radius 1 is 1.09 bits per heavy atom. The Labute approximate surface area is 186 Å². The molecular weight excluding hydrogens is 457 g/mol. The van der Waals surface area contributed by atoms with Crippen molar-refractivity contribution in [3.8, 4) is 0 Å². The first-order chi connectivity index (χ1) is 15.7. The Hall–Kier alpha value is -3.71. The van der Waals surface area contributed by atoms with Crippen molar-refractivity contribution in [3.05, 3.63) is 75.1 Å². The summed E-state index contributed by atoms with van der Waals surface area (Å²) in [5, 5.41) is 10.8. The first-order valence-electron chi connectivity index (χ1n) is 9.84. The second-order valence-electron chi connectivity index (χ2n) is 7.37. The highest BCUT2D eigenvalue weighted by molar-refractivity contribution is 7.89. The lowest BCUT2D eigenvalue weighted by molar-refractivity contribution is -0.384. The molecule has 11 nitrogen and oxygen atoms in total. The van der Waals surface area contributed by atoms with Crippen molar-refractivity contribution in [2.45, 2.75) is 11.4 Å². The van der Waals surface area contributed by atoms with Crippen LogP contribution in [0.15, 0.2) is 58.5 Å². The number of carbonyl (C=O) groups excluding carboxylic acids is 1. The minimum atomic E-state index is -3.88. The molecule has 0 radical (unpaired) electrons. The maximum atomic E-state index is 13.5. The molecule has 13 heteroatoms. The summed E-state index contributed by atoms with van der Waals surface area (Å²) in [6, 6.07) is 8.21. The van der Waals surface area contributed by atoms with E-state index in [9.17, 15) is 32.5 Å². The first-order valence-corrected chi connectivity index (χ1v) is 11.3. The van der Waals surface area contributed by atoms with Crippen LogP contribution < -0.4 is 5.56 Å². The number of nitrogens with zero attached hydrogens (tertiary/aromatic N) is 5. The zero-order chi connectivity index (χ0) is 23.8. The quantitative estimate of drug-likeness (QED) is 0.396. The molecule has 2 aromatic carbocycles. The van der Waals surface area contributed by atoms with Crippen LogP contribution in [-0.4, -0.2) is 64.2 Å². The molecule has 1 aromatic heterocycles. The van der Waals surface area contributed by atoms with Crippen LogP contribution in [0.4, 0.5) is 10.1 Å². The number of hydrogen-bond acceptors (Lipinski definition) is 7. The second kappa shape index (κ2) is 8.67. The summed E-state index contributed by atoms with van der Waals surface area (Å²) in [7, 11) is -3.88. The Kier molecular flexibility index (Phi) is 5.91. The lowest BCUT2D eigenvalue weighted by Gasteiger charge is -2.34. The summed E-state index contributed by atoms with van der Waals surface area (Å²) in [5.74, 6) is -0.988. The fourth-order valence-electron chi connectivity index (χ4n) is 3.56.